The van der Waals surface area contributed by atoms with Gasteiger partial charge < -0.3 is 11.5 Å². The minimum atomic E-state index is -0.287. The first-order valence-corrected chi connectivity index (χ1v) is 7.62. The van der Waals surface area contributed by atoms with Crippen molar-refractivity contribution >= 4 is 16.6 Å². The van der Waals surface area contributed by atoms with E-state index in [4.69, 9.17) is 16.5 Å². The zero-order chi connectivity index (χ0) is 14.2. The lowest BCUT2D eigenvalue weighted by Crippen LogP contribution is -2.41. The van der Waals surface area contributed by atoms with Gasteiger partial charge in [0.05, 0.1) is 5.52 Å². The molecule has 4 N–H and O–H groups in total. The van der Waals surface area contributed by atoms with Crippen LogP contribution in [0.1, 0.15) is 50.3 Å². The maximum absolute atomic E-state index is 6.73. The van der Waals surface area contributed by atoms with Crippen LogP contribution in [0.5, 0.6) is 0 Å². The molecule has 1 aromatic carbocycles. The minimum absolute atomic E-state index is 0.287. The topological polar surface area (TPSA) is 64.9 Å². The number of nitrogens with two attached hydrogens (primary N) is 2. The zero-order valence-electron chi connectivity index (χ0n) is 12.2. The monoisotopic (exact) mass is 269 g/mol. The molecule has 0 spiro atoms. The Morgan fingerprint density at radius 3 is 2.90 bits per heavy atom. The van der Waals surface area contributed by atoms with Gasteiger partial charge in [0.1, 0.15) is 0 Å². The van der Waals surface area contributed by atoms with Gasteiger partial charge in [-0.2, -0.15) is 0 Å². The highest BCUT2D eigenvalue weighted by Gasteiger charge is 2.35. The summed E-state index contributed by atoms with van der Waals surface area (Å²) in [4.78, 5) is 4.82. The van der Waals surface area contributed by atoms with Crippen molar-refractivity contribution in [1.82, 2.24) is 4.98 Å². The maximum Gasteiger partial charge on any atom is 0.0726 e. The molecule has 1 aliphatic carbocycles. The number of nitrogen functional groups attached to an aromatic ring is 1. The van der Waals surface area contributed by atoms with Gasteiger partial charge in [0.15, 0.2) is 0 Å². The first kappa shape index (κ1) is 13.4. The molecule has 0 amide bonds. The Kier molecular flexibility index (Phi) is 3.38. The van der Waals surface area contributed by atoms with E-state index in [0.717, 1.165) is 66.4 Å². The fraction of sp³-hybridized carbons (Fsp3) is 0.471. The Morgan fingerprint density at radius 2 is 2.10 bits per heavy atom. The third kappa shape index (κ3) is 2.06. The first-order valence-electron chi connectivity index (χ1n) is 7.62. The number of aryl methyl sites for hydroxylation is 1. The summed E-state index contributed by atoms with van der Waals surface area (Å²) in [6.07, 6.45) is 6.43. The lowest BCUT2D eigenvalue weighted by molar-refractivity contribution is 0.335. The van der Waals surface area contributed by atoms with Crippen LogP contribution in [0.4, 0.5) is 5.69 Å². The molecular weight excluding hydrogens is 246 g/mol. The standard InChI is InChI=1S/C17H23N3/c1-2-3-10-17(19)11-6-9-14-15(17)16(18)12-7-4-5-8-13(12)20-14/h4-5,7-8H,2-3,6,9-11,19H2,1H3,(H2,18,20). The number of fused-ring (bicyclic) bond motifs is 2. The molecule has 1 atom stereocenters. The molecule has 0 fully saturated rings. The molecule has 0 aliphatic heterocycles. The van der Waals surface area contributed by atoms with E-state index in [0.29, 0.717) is 0 Å². The molecular formula is C17H23N3. The zero-order valence-corrected chi connectivity index (χ0v) is 12.2. The van der Waals surface area contributed by atoms with E-state index in [9.17, 15) is 0 Å². The van der Waals surface area contributed by atoms with E-state index in [-0.39, 0.29) is 5.54 Å². The molecule has 0 saturated carbocycles. The van der Waals surface area contributed by atoms with Gasteiger partial charge in [-0.3, -0.25) is 4.98 Å². The quantitative estimate of drug-likeness (QED) is 0.896. The average molecular weight is 269 g/mol. The third-order valence-corrected chi connectivity index (χ3v) is 4.52. The van der Waals surface area contributed by atoms with E-state index in [1.807, 2.05) is 24.3 Å². The molecule has 0 bridgehead atoms. The normalized spacial score (nSPS) is 21.9. The molecule has 20 heavy (non-hydrogen) atoms. The molecule has 0 radical (unpaired) electrons. The van der Waals surface area contributed by atoms with E-state index in [1.54, 1.807) is 0 Å². The van der Waals surface area contributed by atoms with Crippen molar-refractivity contribution in [3.05, 3.63) is 35.5 Å². The molecule has 1 aromatic heterocycles. The number of rotatable bonds is 3. The van der Waals surface area contributed by atoms with Crippen LogP contribution < -0.4 is 11.5 Å². The number of unbranched alkanes of at least 4 members (excludes halogenated alkanes) is 1. The summed E-state index contributed by atoms with van der Waals surface area (Å²) < 4.78 is 0. The highest BCUT2D eigenvalue weighted by atomic mass is 14.8. The smallest absolute Gasteiger partial charge is 0.0726 e. The second-order valence-corrected chi connectivity index (χ2v) is 5.98. The lowest BCUT2D eigenvalue weighted by atomic mass is 9.75. The number of hydrogen-bond donors (Lipinski definition) is 2. The summed E-state index contributed by atoms with van der Waals surface area (Å²) in [5, 5.41) is 1.04. The molecule has 1 aliphatic rings. The summed E-state index contributed by atoms with van der Waals surface area (Å²) in [7, 11) is 0. The van der Waals surface area contributed by atoms with Gasteiger partial charge >= 0.3 is 0 Å². The van der Waals surface area contributed by atoms with Gasteiger partial charge in [-0.05, 0) is 31.7 Å². The number of para-hydroxylation sites is 1. The van der Waals surface area contributed by atoms with Crippen molar-refractivity contribution in [1.29, 1.82) is 0 Å². The van der Waals surface area contributed by atoms with E-state index in [2.05, 4.69) is 6.92 Å². The van der Waals surface area contributed by atoms with Crippen molar-refractivity contribution < 1.29 is 0 Å². The molecule has 2 aromatic rings. The number of pyridine rings is 1. The van der Waals surface area contributed by atoms with Crippen LogP contribution in [0.2, 0.25) is 0 Å². The Hall–Kier alpha value is -1.61. The van der Waals surface area contributed by atoms with Gasteiger partial charge in [-0.15, -0.1) is 0 Å². The van der Waals surface area contributed by atoms with Gasteiger partial charge in [-0.1, -0.05) is 38.0 Å². The summed E-state index contributed by atoms with van der Waals surface area (Å²) in [5.41, 5.74) is 17.0. The SMILES string of the molecule is CCCCC1(N)CCCc2nc3ccccc3c(N)c21. The Bertz CT molecular complexity index is 635. The summed E-state index contributed by atoms with van der Waals surface area (Å²) in [5.74, 6) is 0. The van der Waals surface area contributed by atoms with E-state index < -0.39 is 0 Å². The van der Waals surface area contributed by atoms with Crippen LogP contribution in [0.15, 0.2) is 24.3 Å². The minimum Gasteiger partial charge on any atom is -0.398 e. The van der Waals surface area contributed by atoms with Crippen molar-refractivity contribution in [2.75, 3.05) is 5.73 Å². The highest BCUT2D eigenvalue weighted by Crippen LogP contribution is 2.41. The third-order valence-electron chi connectivity index (χ3n) is 4.52. The van der Waals surface area contributed by atoms with Gasteiger partial charge in [-0.25, -0.2) is 0 Å². The average Bonchev–Trinajstić information content (AvgIpc) is 2.45. The van der Waals surface area contributed by atoms with Crippen LogP contribution in [-0.4, -0.2) is 4.98 Å². The molecule has 3 nitrogen and oxygen atoms in total. The summed E-state index contributed by atoms with van der Waals surface area (Å²) >= 11 is 0. The Labute approximate surface area is 120 Å². The van der Waals surface area contributed by atoms with Crippen LogP contribution >= 0.6 is 0 Å². The molecule has 0 saturated heterocycles. The number of nitrogens with zero attached hydrogens (tertiary/aromatic N) is 1. The fourth-order valence-electron chi connectivity index (χ4n) is 3.47. The van der Waals surface area contributed by atoms with Crippen molar-refractivity contribution in [3.63, 3.8) is 0 Å². The van der Waals surface area contributed by atoms with E-state index >= 15 is 0 Å². The highest BCUT2D eigenvalue weighted by molar-refractivity contribution is 5.92. The van der Waals surface area contributed by atoms with Crippen LogP contribution in [0.3, 0.4) is 0 Å². The van der Waals surface area contributed by atoms with Crippen molar-refractivity contribution in [2.24, 2.45) is 5.73 Å². The number of anilines is 1. The molecule has 106 valence electrons. The first-order chi connectivity index (χ1) is 9.65. The lowest BCUT2D eigenvalue weighted by Gasteiger charge is -2.36. The fourth-order valence-corrected chi connectivity index (χ4v) is 3.47. The largest absolute Gasteiger partial charge is 0.398 e. The summed E-state index contributed by atoms with van der Waals surface area (Å²) in [6, 6.07) is 8.11. The Balaban J connectivity index is 2.19. The van der Waals surface area contributed by atoms with E-state index in [1.165, 1.54) is 0 Å². The van der Waals surface area contributed by atoms with Crippen molar-refractivity contribution in [3.8, 4) is 0 Å². The molecule has 3 rings (SSSR count). The maximum atomic E-state index is 6.73. The van der Waals surface area contributed by atoms with Crippen LogP contribution in [0, 0.1) is 0 Å². The summed E-state index contributed by atoms with van der Waals surface area (Å²) in [6.45, 7) is 2.20. The second kappa shape index (κ2) is 5.06. The van der Waals surface area contributed by atoms with Crippen molar-refractivity contribution in [2.45, 2.75) is 51.0 Å². The van der Waals surface area contributed by atoms with Crippen LogP contribution in [0.25, 0.3) is 10.9 Å². The molecule has 1 heterocycles. The number of benzene rings is 1. The molecule has 3 heteroatoms. The van der Waals surface area contributed by atoms with Gasteiger partial charge in [0, 0.05) is 27.9 Å². The van der Waals surface area contributed by atoms with Gasteiger partial charge in [0.2, 0.25) is 0 Å². The number of hydrogen-bond acceptors (Lipinski definition) is 3. The predicted octanol–water partition coefficient (Wildman–Crippen LogP) is 3.50. The predicted molar refractivity (Wildman–Crippen MR) is 84.5 cm³/mol. The van der Waals surface area contributed by atoms with Crippen LogP contribution in [-0.2, 0) is 12.0 Å². The number of aromatic nitrogens is 1. The second-order valence-electron chi connectivity index (χ2n) is 5.98. The van der Waals surface area contributed by atoms with Gasteiger partial charge in [0.25, 0.3) is 0 Å². The molecule has 1 unspecified atom stereocenters. The Morgan fingerprint density at radius 1 is 1.30 bits per heavy atom.